The van der Waals surface area contributed by atoms with E-state index >= 15 is 0 Å². The van der Waals surface area contributed by atoms with Crippen molar-refractivity contribution in [1.29, 1.82) is 0 Å². The van der Waals surface area contributed by atoms with Crippen molar-refractivity contribution in [2.24, 2.45) is 0 Å². The van der Waals surface area contributed by atoms with Crippen LogP contribution in [0.15, 0.2) is 24.3 Å². The number of anilines is 2. The zero-order valence-corrected chi connectivity index (χ0v) is 8.14. The third-order valence-corrected chi connectivity index (χ3v) is 1.75. The number of benzene rings is 1. The molecule has 0 heterocycles. The quantitative estimate of drug-likeness (QED) is 0.590. The first-order chi connectivity index (χ1) is 6.09. The summed E-state index contributed by atoms with van der Waals surface area (Å²) in [7, 11) is 0. The lowest BCUT2D eigenvalue weighted by molar-refractivity contribution is -0.114. The first-order valence-corrected chi connectivity index (χ1v) is 4.41. The highest BCUT2D eigenvalue weighted by Crippen LogP contribution is 2.13. The minimum absolute atomic E-state index is 0.464. The maximum atomic E-state index is 11.0. The molecule has 5 heteroatoms. The average Bonchev–Trinajstić information content (AvgIpc) is 2.04. The number of alkyl halides is 2. The average molecular weight is 219 g/mol. The molecule has 1 rings (SSSR count). The topological polar surface area (TPSA) is 55.1 Å². The Labute approximate surface area is 85.8 Å². The van der Waals surface area contributed by atoms with Crippen LogP contribution >= 0.6 is 23.2 Å². The van der Waals surface area contributed by atoms with Crippen LogP contribution in [0.2, 0.25) is 0 Å². The van der Waals surface area contributed by atoms with E-state index in [0.29, 0.717) is 11.4 Å². The van der Waals surface area contributed by atoms with Crippen LogP contribution < -0.4 is 11.1 Å². The van der Waals surface area contributed by atoms with Crippen LogP contribution in [0, 0.1) is 0 Å². The first kappa shape index (κ1) is 10.2. The SMILES string of the molecule is Nc1cccc(NC(=O)C(Cl)Cl)c1. The second kappa shape index (κ2) is 4.35. The number of carbonyl (C=O) groups excluding carboxylic acids is 1. The number of nitrogens with one attached hydrogen (secondary N) is 1. The number of nitrogen functional groups attached to an aromatic ring is 1. The zero-order chi connectivity index (χ0) is 9.84. The summed E-state index contributed by atoms with van der Waals surface area (Å²) < 4.78 is 0. The predicted octanol–water partition coefficient (Wildman–Crippen LogP) is 2.01. The minimum Gasteiger partial charge on any atom is -0.399 e. The molecule has 3 nitrogen and oxygen atoms in total. The third kappa shape index (κ3) is 3.13. The van der Waals surface area contributed by atoms with E-state index in [1.807, 2.05) is 0 Å². The molecule has 70 valence electrons. The number of amides is 1. The predicted molar refractivity (Wildman–Crippen MR) is 55.0 cm³/mol. The lowest BCUT2D eigenvalue weighted by atomic mass is 10.3. The molecule has 0 bridgehead atoms. The monoisotopic (exact) mass is 218 g/mol. The van der Waals surface area contributed by atoms with Crippen LogP contribution in [0.3, 0.4) is 0 Å². The molecule has 0 unspecified atom stereocenters. The fourth-order valence-electron chi connectivity index (χ4n) is 0.813. The standard InChI is InChI=1S/C8H8Cl2N2O/c9-7(10)8(13)12-6-3-1-2-5(11)4-6/h1-4,7H,11H2,(H,12,13). The summed E-state index contributed by atoms with van der Waals surface area (Å²) in [5.41, 5.74) is 6.64. The summed E-state index contributed by atoms with van der Waals surface area (Å²) in [4.78, 5) is 9.94. The van der Waals surface area contributed by atoms with E-state index in [2.05, 4.69) is 5.32 Å². The van der Waals surface area contributed by atoms with Crippen molar-refractivity contribution in [1.82, 2.24) is 0 Å². The Morgan fingerprint density at radius 3 is 2.69 bits per heavy atom. The van der Waals surface area contributed by atoms with Gasteiger partial charge in [0.25, 0.3) is 5.91 Å². The van der Waals surface area contributed by atoms with Crippen molar-refractivity contribution in [2.75, 3.05) is 11.1 Å². The van der Waals surface area contributed by atoms with Crippen molar-refractivity contribution in [3.8, 4) is 0 Å². The summed E-state index contributed by atoms with van der Waals surface area (Å²) >= 11 is 10.7. The Bertz CT molecular complexity index is 315. The van der Waals surface area contributed by atoms with Gasteiger partial charge in [0, 0.05) is 11.4 Å². The molecule has 0 aliphatic carbocycles. The Kier molecular flexibility index (Phi) is 3.39. The summed E-state index contributed by atoms with van der Waals surface area (Å²) in [6, 6.07) is 6.76. The highest BCUT2D eigenvalue weighted by atomic mass is 35.5. The molecule has 1 aromatic carbocycles. The molecule has 3 N–H and O–H groups in total. The van der Waals surface area contributed by atoms with Gasteiger partial charge in [-0.3, -0.25) is 4.79 Å². The lowest BCUT2D eigenvalue weighted by Crippen LogP contribution is -2.18. The summed E-state index contributed by atoms with van der Waals surface area (Å²) in [6.45, 7) is 0. The Morgan fingerprint density at radius 2 is 2.15 bits per heavy atom. The Morgan fingerprint density at radius 1 is 1.46 bits per heavy atom. The number of nitrogens with two attached hydrogens (primary N) is 1. The molecule has 0 spiro atoms. The fraction of sp³-hybridized carbons (Fsp3) is 0.125. The lowest BCUT2D eigenvalue weighted by Gasteiger charge is -2.05. The molecule has 0 saturated heterocycles. The molecular weight excluding hydrogens is 211 g/mol. The second-order valence-corrected chi connectivity index (χ2v) is 3.51. The molecule has 0 aromatic heterocycles. The largest absolute Gasteiger partial charge is 0.399 e. The van der Waals surface area contributed by atoms with Gasteiger partial charge in [0.05, 0.1) is 0 Å². The number of carbonyl (C=O) groups is 1. The van der Waals surface area contributed by atoms with Crippen LogP contribution in [-0.2, 0) is 4.79 Å². The molecule has 0 radical (unpaired) electrons. The Balaban J connectivity index is 2.69. The van der Waals surface area contributed by atoms with Gasteiger partial charge in [-0.1, -0.05) is 29.3 Å². The molecule has 0 atom stereocenters. The molecule has 0 saturated carbocycles. The molecule has 1 amide bonds. The van der Waals surface area contributed by atoms with Gasteiger partial charge in [0.2, 0.25) is 0 Å². The van der Waals surface area contributed by atoms with Crippen LogP contribution in [0.1, 0.15) is 0 Å². The van der Waals surface area contributed by atoms with Gasteiger partial charge in [-0.15, -0.1) is 0 Å². The van der Waals surface area contributed by atoms with E-state index in [9.17, 15) is 4.79 Å². The van der Waals surface area contributed by atoms with Gasteiger partial charge < -0.3 is 11.1 Å². The van der Waals surface area contributed by atoms with E-state index in [4.69, 9.17) is 28.9 Å². The normalized spacial score (nSPS) is 10.1. The van der Waals surface area contributed by atoms with Crippen molar-refractivity contribution in [2.45, 2.75) is 4.84 Å². The van der Waals surface area contributed by atoms with E-state index < -0.39 is 10.7 Å². The van der Waals surface area contributed by atoms with Crippen molar-refractivity contribution in [3.63, 3.8) is 0 Å². The first-order valence-electron chi connectivity index (χ1n) is 3.54. The van der Waals surface area contributed by atoms with Gasteiger partial charge in [0.15, 0.2) is 4.84 Å². The fourth-order valence-corrected chi connectivity index (χ4v) is 0.922. The van der Waals surface area contributed by atoms with Crippen molar-refractivity contribution < 1.29 is 4.79 Å². The van der Waals surface area contributed by atoms with Gasteiger partial charge in [-0.2, -0.15) is 0 Å². The molecular formula is C8H8Cl2N2O. The van der Waals surface area contributed by atoms with Gasteiger partial charge in [-0.25, -0.2) is 0 Å². The van der Waals surface area contributed by atoms with E-state index in [1.54, 1.807) is 24.3 Å². The van der Waals surface area contributed by atoms with Crippen molar-refractivity contribution >= 4 is 40.5 Å². The van der Waals surface area contributed by atoms with E-state index in [-0.39, 0.29) is 0 Å². The number of hydrogen-bond donors (Lipinski definition) is 2. The van der Waals surface area contributed by atoms with Gasteiger partial charge >= 0.3 is 0 Å². The number of halogens is 2. The summed E-state index contributed by atoms with van der Waals surface area (Å²) in [5, 5.41) is 2.50. The van der Waals surface area contributed by atoms with Gasteiger partial charge in [-0.05, 0) is 18.2 Å². The maximum Gasteiger partial charge on any atom is 0.257 e. The van der Waals surface area contributed by atoms with Crippen LogP contribution in [0.25, 0.3) is 0 Å². The number of rotatable bonds is 2. The van der Waals surface area contributed by atoms with Crippen LogP contribution in [0.5, 0.6) is 0 Å². The summed E-state index contributed by atoms with van der Waals surface area (Å²) in [6.07, 6.45) is 0. The van der Waals surface area contributed by atoms with Crippen LogP contribution in [-0.4, -0.2) is 10.7 Å². The minimum atomic E-state index is -1.07. The number of hydrogen-bond acceptors (Lipinski definition) is 2. The maximum absolute atomic E-state index is 11.0. The molecule has 0 aliphatic rings. The van der Waals surface area contributed by atoms with Crippen LogP contribution in [0.4, 0.5) is 11.4 Å². The van der Waals surface area contributed by atoms with E-state index in [0.717, 1.165) is 0 Å². The zero-order valence-electron chi connectivity index (χ0n) is 6.63. The smallest absolute Gasteiger partial charge is 0.257 e. The highest BCUT2D eigenvalue weighted by molar-refractivity contribution is 6.54. The highest BCUT2D eigenvalue weighted by Gasteiger charge is 2.10. The van der Waals surface area contributed by atoms with Crippen molar-refractivity contribution in [3.05, 3.63) is 24.3 Å². The summed E-state index contributed by atoms with van der Waals surface area (Å²) in [5.74, 6) is -0.464. The molecule has 0 fully saturated rings. The Hall–Kier alpha value is -0.930. The molecule has 13 heavy (non-hydrogen) atoms. The third-order valence-electron chi connectivity index (χ3n) is 1.35. The molecule has 1 aromatic rings. The molecule has 0 aliphatic heterocycles. The van der Waals surface area contributed by atoms with E-state index in [1.165, 1.54) is 0 Å². The second-order valence-electron chi connectivity index (χ2n) is 2.42. The van der Waals surface area contributed by atoms with Gasteiger partial charge in [0.1, 0.15) is 0 Å².